The molecule has 2 N–H and O–H groups in total. The fraction of sp³-hybridized carbons (Fsp3) is 0.154. The average molecular weight is 585 g/mol. The fourth-order valence-electron chi connectivity index (χ4n) is 4.24. The molecule has 0 saturated carbocycles. The molecular weight excluding hydrogens is 565 g/mol. The summed E-state index contributed by atoms with van der Waals surface area (Å²) in [5.74, 6) is 0.472. The summed E-state index contributed by atoms with van der Waals surface area (Å²) in [6, 6.07) is 10.9. The Labute approximate surface area is 237 Å². The number of fused-ring (bicyclic) bond motifs is 2. The van der Waals surface area contributed by atoms with E-state index >= 15 is 0 Å². The Bertz CT molecular complexity index is 1530. The molecule has 14 heteroatoms. The van der Waals surface area contributed by atoms with Crippen LogP contribution in [0.15, 0.2) is 48.8 Å². The van der Waals surface area contributed by atoms with Gasteiger partial charge in [-0.15, -0.1) is 0 Å². The number of carbonyl (C=O) groups is 2. The predicted molar refractivity (Wildman–Crippen MR) is 148 cm³/mol. The number of benzene rings is 2. The van der Waals surface area contributed by atoms with E-state index in [9.17, 15) is 18.4 Å². The number of nitrogens with one attached hydrogen (secondary N) is 2. The van der Waals surface area contributed by atoms with Crippen LogP contribution in [-0.2, 0) is 22.4 Å². The minimum Gasteiger partial charge on any atom is -0.339 e. The van der Waals surface area contributed by atoms with Crippen molar-refractivity contribution in [3.63, 3.8) is 0 Å². The third kappa shape index (κ3) is 5.63. The van der Waals surface area contributed by atoms with E-state index in [1.54, 1.807) is 36.0 Å². The Hall–Kier alpha value is -4.42. The Morgan fingerprint density at radius 3 is 1.52 bits per heavy atom. The van der Waals surface area contributed by atoms with Crippen molar-refractivity contribution in [2.75, 3.05) is 34.5 Å². The monoisotopic (exact) mass is 584 g/mol. The number of hydrogen-bond donors (Lipinski definition) is 2. The van der Waals surface area contributed by atoms with Gasteiger partial charge in [-0.25, -0.2) is 9.97 Å². The van der Waals surface area contributed by atoms with E-state index in [-0.39, 0.29) is 33.5 Å². The first-order chi connectivity index (χ1) is 19.1. The summed E-state index contributed by atoms with van der Waals surface area (Å²) in [6.07, 6.45) is 1.38. The van der Waals surface area contributed by atoms with Crippen molar-refractivity contribution in [3.05, 3.63) is 82.1 Å². The molecule has 10 nitrogen and oxygen atoms in total. The molecule has 0 radical (unpaired) electrons. The van der Waals surface area contributed by atoms with Gasteiger partial charge in [0.2, 0.25) is 11.8 Å². The average Bonchev–Trinajstić information content (AvgIpc) is 3.37. The molecule has 4 aromatic rings. The molecule has 0 unspecified atom stereocenters. The van der Waals surface area contributed by atoms with Crippen LogP contribution in [0.2, 0.25) is 10.0 Å². The Morgan fingerprint density at radius 2 is 1.12 bits per heavy atom. The third-order valence-electron chi connectivity index (χ3n) is 6.27. The quantitative estimate of drug-likeness (QED) is 0.320. The molecular formula is C26H20Cl2F2N8O2. The number of amides is 2. The van der Waals surface area contributed by atoms with Crippen molar-refractivity contribution in [2.45, 2.75) is 12.8 Å². The molecule has 4 heterocycles. The van der Waals surface area contributed by atoms with Gasteiger partial charge in [0.25, 0.3) is 0 Å². The van der Waals surface area contributed by atoms with Crippen molar-refractivity contribution in [3.8, 4) is 0 Å². The number of anilines is 6. The zero-order valence-electron chi connectivity index (χ0n) is 21.0. The lowest BCUT2D eigenvalue weighted by molar-refractivity contribution is -0.117. The molecule has 0 spiro atoms. The lowest BCUT2D eigenvalue weighted by Gasteiger charge is -2.11. The minimum absolute atomic E-state index is 0.0447. The lowest BCUT2D eigenvalue weighted by Crippen LogP contribution is -2.20. The summed E-state index contributed by atoms with van der Waals surface area (Å²) in [6.45, 7) is 0. The number of hydrogen-bond acceptors (Lipinski definition) is 8. The zero-order valence-corrected chi connectivity index (χ0v) is 22.6. The second-order valence-electron chi connectivity index (χ2n) is 8.87. The maximum atomic E-state index is 13.0. The van der Waals surface area contributed by atoms with E-state index in [1.807, 2.05) is 24.3 Å². The standard InChI is InChI=1S/2C13H10ClFN4O/c2*1-19-10-3-2-8(4-7(10)5-11(19)20)17-12-9(14)6-16-13(15)18-12/h2*2-4,6H,5H2,1H3,(H,16,17,18). The second kappa shape index (κ2) is 11.0. The number of carbonyl (C=O) groups excluding carboxylic acids is 2. The minimum atomic E-state index is -0.854. The molecule has 2 aromatic carbocycles. The highest BCUT2D eigenvalue weighted by Gasteiger charge is 2.25. The SMILES string of the molecule is CN1C(=O)Cc2cc(Nc3nc(F)ncc3Cl)ccc21.CN1C(=O)Cc2cc(Nc3nc(F)ncc3Cl)ccc21. The van der Waals surface area contributed by atoms with Crippen molar-refractivity contribution < 1.29 is 18.4 Å². The van der Waals surface area contributed by atoms with Crippen LogP contribution in [0.4, 0.5) is 43.2 Å². The highest BCUT2D eigenvalue weighted by Crippen LogP contribution is 2.33. The maximum absolute atomic E-state index is 13.0. The van der Waals surface area contributed by atoms with Gasteiger partial charge in [0.15, 0.2) is 11.6 Å². The summed E-state index contributed by atoms with van der Waals surface area (Å²) in [5.41, 5.74) is 4.95. The number of rotatable bonds is 4. The summed E-state index contributed by atoms with van der Waals surface area (Å²) in [4.78, 5) is 40.3. The molecule has 2 amide bonds. The molecule has 2 aromatic heterocycles. The molecule has 40 heavy (non-hydrogen) atoms. The van der Waals surface area contributed by atoms with Crippen LogP contribution in [0.25, 0.3) is 0 Å². The molecule has 0 aliphatic carbocycles. The molecule has 0 saturated heterocycles. The van der Waals surface area contributed by atoms with Gasteiger partial charge in [-0.2, -0.15) is 18.7 Å². The van der Waals surface area contributed by atoms with Gasteiger partial charge in [0, 0.05) is 36.8 Å². The van der Waals surface area contributed by atoms with Crippen molar-refractivity contribution in [2.24, 2.45) is 0 Å². The van der Waals surface area contributed by atoms with Crippen LogP contribution in [0.3, 0.4) is 0 Å². The predicted octanol–water partition coefficient (Wildman–Crippen LogP) is 5.06. The Kier molecular flexibility index (Phi) is 7.46. The van der Waals surface area contributed by atoms with Crippen LogP contribution >= 0.6 is 23.2 Å². The summed E-state index contributed by atoms with van der Waals surface area (Å²) in [5, 5.41) is 6.28. The van der Waals surface area contributed by atoms with Crippen molar-refractivity contribution >= 4 is 69.4 Å². The van der Waals surface area contributed by atoms with Crippen LogP contribution in [-0.4, -0.2) is 45.8 Å². The van der Waals surface area contributed by atoms with Gasteiger partial charge >= 0.3 is 12.2 Å². The summed E-state index contributed by atoms with van der Waals surface area (Å²) in [7, 11) is 3.47. The summed E-state index contributed by atoms with van der Waals surface area (Å²) >= 11 is 11.8. The van der Waals surface area contributed by atoms with Gasteiger partial charge in [-0.1, -0.05) is 23.2 Å². The van der Waals surface area contributed by atoms with E-state index in [2.05, 4.69) is 30.6 Å². The normalized spacial score (nSPS) is 13.6. The fourth-order valence-corrected chi connectivity index (χ4v) is 4.51. The number of nitrogens with zero attached hydrogens (tertiary/aromatic N) is 6. The van der Waals surface area contributed by atoms with Crippen LogP contribution < -0.4 is 20.4 Å². The Balaban J connectivity index is 0.000000161. The van der Waals surface area contributed by atoms with E-state index < -0.39 is 12.2 Å². The van der Waals surface area contributed by atoms with Gasteiger partial charge < -0.3 is 20.4 Å². The number of likely N-dealkylation sites (N-methyl/N-ethyl adjacent to an activating group) is 2. The van der Waals surface area contributed by atoms with Gasteiger partial charge in [0.1, 0.15) is 10.0 Å². The first-order valence-electron chi connectivity index (χ1n) is 11.8. The highest BCUT2D eigenvalue weighted by molar-refractivity contribution is 6.33. The molecule has 0 bridgehead atoms. The van der Waals surface area contributed by atoms with E-state index in [1.165, 1.54) is 12.4 Å². The lowest BCUT2D eigenvalue weighted by atomic mass is 10.1. The summed E-state index contributed by atoms with van der Waals surface area (Å²) < 4.78 is 26.0. The highest BCUT2D eigenvalue weighted by atomic mass is 35.5. The van der Waals surface area contributed by atoms with Crippen LogP contribution in [0, 0.1) is 12.2 Å². The number of halogens is 4. The van der Waals surface area contributed by atoms with E-state index in [0.29, 0.717) is 24.2 Å². The second-order valence-corrected chi connectivity index (χ2v) is 9.68. The van der Waals surface area contributed by atoms with Crippen molar-refractivity contribution in [1.82, 2.24) is 19.9 Å². The first kappa shape index (κ1) is 27.2. The third-order valence-corrected chi connectivity index (χ3v) is 6.82. The number of aromatic nitrogens is 4. The molecule has 2 aliphatic rings. The van der Waals surface area contributed by atoms with Gasteiger partial charge in [-0.3, -0.25) is 9.59 Å². The largest absolute Gasteiger partial charge is 0.339 e. The molecule has 6 rings (SSSR count). The van der Waals surface area contributed by atoms with Gasteiger partial charge in [0.05, 0.1) is 25.2 Å². The molecule has 204 valence electrons. The molecule has 0 atom stereocenters. The maximum Gasteiger partial charge on any atom is 0.310 e. The van der Waals surface area contributed by atoms with Crippen LogP contribution in [0.5, 0.6) is 0 Å². The van der Waals surface area contributed by atoms with Gasteiger partial charge in [-0.05, 0) is 47.5 Å². The van der Waals surface area contributed by atoms with E-state index in [4.69, 9.17) is 23.2 Å². The van der Waals surface area contributed by atoms with Crippen LogP contribution in [0.1, 0.15) is 11.1 Å². The Morgan fingerprint density at radius 1 is 0.725 bits per heavy atom. The van der Waals surface area contributed by atoms with E-state index in [0.717, 1.165) is 22.5 Å². The van der Waals surface area contributed by atoms with Crippen molar-refractivity contribution in [1.29, 1.82) is 0 Å². The molecule has 2 aliphatic heterocycles. The first-order valence-corrected chi connectivity index (χ1v) is 12.5. The topological polar surface area (TPSA) is 116 Å². The molecule has 0 fully saturated rings. The smallest absolute Gasteiger partial charge is 0.310 e. The zero-order chi connectivity index (χ0) is 28.6.